The number of carbonyl (C=O) groups excluding carboxylic acids is 1. The standard InChI is InChI=1S/C15H19NO3/c1-11(2)10-15(16,14(18)19)13(17)9-8-12-6-4-3-5-7-12/h3-9,11H,10,16H2,1-2H3,(H,18,19)/b9-8+. The largest absolute Gasteiger partial charge is 0.480 e. The molecule has 0 amide bonds. The van der Waals surface area contributed by atoms with Crippen LogP contribution in [-0.4, -0.2) is 22.4 Å². The van der Waals surface area contributed by atoms with E-state index in [0.29, 0.717) is 0 Å². The summed E-state index contributed by atoms with van der Waals surface area (Å²) in [4.78, 5) is 23.3. The molecule has 0 saturated carbocycles. The molecule has 19 heavy (non-hydrogen) atoms. The average Bonchev–Trinajstić information content (AvgIpc) is 2.36. The molecule has 0 saturated heterocycles. The van der Waals surface area contributed by atoms with Gasteiger partial charge in [-0.1, -0.05) is 50.3 Å². The van der Waals surface area contributed by atoms with Crippen molar-refractivity contribution >= 4 is 17.8 Å². The minimum Gasteiger partial charge on any atom is -0.480 e. The first kappa shape index (κ1) is 15.1. The van der Waals surface area contributed by atoms with E-state index < -0.39 is 17.3 Å². The fraction of sp³-hybridized carbons (Fsp3) is 0.333. The van der Waals surface area contributed by atoms with E-state index in [1.807, 2.05) is 44.2 Å². The van der Waals surface area contributed by atoms with Crippen molar-refractivity contribution < 1.29 is 14.7 Å². The second kappa shape index (κ2) is 6.29. The Bertz CT molecular complexity index is 479. The van der Waals surface area contributed by atoms with Crippen LogP contribution in [-0.2, 0) is 9.59 Å². The Labute approximate surface area is 112 Å². The Hall–Kier alpha value is -1.94. The molecule has 0 fully saturated rings. The second-order valence-electron chi connectivity index (χ2n) is 4.98. The average molecular weight is 261 g/mol. The molecule has 102 valence electrons. The van der Waals surface area contributed by atoms with Crippen molar-refractivity contribution in [2.75, 3.05) is 0 Å². The zero-order valence-electron chi connectivity index (χ0n) is 11.2. The summed E-state index contributed by atoms with van der Waals surface area (Å²) in [5.41, 5.74) is 4.73. The van der Waals surface area contributed by atoms with Gasteiger partial charge in [-0.25, -0.2) is 4.79 Å². The van der Waals surface area contributed by atoms with E-state index in [1.165, 1.54) is 6.08 Å². The van der Waals surface area contributed by atoms with E-state index in [4.69, 9.17) is 10.8 Å². The Morgan fingerprint density at radius 2 is 1.89 bits per heavy atom. The van der Waals surface area contributed by atoms with Crippen LogP contribution >= 0.6 is 0 Å². The number of hydrogen-bond acceptors (Lipinski definition) is 3. The number of carbonyl (C=O) groups is 2. The van der Waals surface area contributed by atoms with Crippen molar-refractivity contribution in [1.82, 2.24) is 0 Å². The highest BCUT2D eigenvalue weighted by Gasteiger charge is 2.40. The molecule has 0 spiro atoms. The minimum absolute atomic E-state index is 0.0233. The van der Waals surface area contributed by atoms with Gasteiger partial charge in [-0.15, -0.1) is 0 Å². The smallest absolute Gasteiger partial charge is 0.331 e. The number of nitrogens with two attached hydrogens (primary N) is 1. The van der Waals surface area contributed by atoms with Gasteiger partial charge in [0.1, 0.15) is 0 Å². The lowest BCUT2D eigenvalue weighted by atomic mass is 9.85. The number of aliphatic carboxylic acids is 1. The molecule has 4 nitrogen and oxygen atoms in total. The maximum atomic E-state index is 12.0. The van der Waals surface area contributed by atoms with Crippen LogP contribution in [0, 0.1) is 5.92 Å². The van der Waals surface area contributed by atoms with Crippen LogP contribution in [0.5, 0.6) is 0 Å². The highest BCUT2D eigenvalue weighted by atomic mass is 16.4. The third kappa shape index (κ3) is 4.03. The zero-order valence-corrected chi connectivity index (χ0v) is 11.2. The van der Waals surface area contributed by atoms with Crippen molar-refractivity contribution in [2.24, 2.45) is 11.7 Å². The second-order valence-corrected chi connectivity index (χ2v) is 4.98. The van der Waals surface area contributed by atoms with Gasteiger partial charge < -0.3 is 10.8 Å². The zero-order chi connectivity index (χ0) is 14.5. The monoisotopic (exact) mass is 261 g/mol. The van der Waals surface area contributed by atoms with Crippen molar-refractivity contribution in [3.8, 4) is 0 Å². The molecular weight excluding hydrogens is 242 g/mol. The van der Waals surface area contributed by atoms with Gasteiger partial charge in [-0.3, -0.25) is 4.79 Å². The normalized spacial score (nSPS) is 14.5. The number of carboxylic acids is 1. The summed E-state index contributed by atoms with van der Waals surface area (Å²) in [5, 5.41) is 9.17. The van der Waals surface area contributed by atoms with E-state index >= 15 is 0 Å². The summed E-state index contributed by atoms with van der Waals surface area (Å²) < 4.78 is 0. The van der Waals surface area contributed by atoms with E-state index in [0.717, 1.165) is 5.56 Å². The van der Waals surface area contributed by atoms with Gasteiger partial charge in [0.2, 0.25) is 0 Å². The Morgan fingerprint density at radius 1 is 1.32 bits per heavy atom. The van der Waals surface area contributed by atoms with Crippen LogP contribution in [0.2, 0.25) is 0 Å². The third-order valence-corrected chi connectivity index (χ3v) is 2.78. The lowest BCUT2D eigenvalue weighted by Gasteiger charge is -2.23. The molecule has 4 heteroatoms. The van der Waals surface area contributed by atoms with E-state index in [1.54, 1.807) is 6.08 Å². The van der Waals surface area contributed by atoms with Crippen LogP contribution in [0.3, 0.4) is 0 Å². The summed E-state index contributed by atoms with van der Waals surface area (Å²) in [6.07, 6.45) is 2.93. The maximum absolute atomic E-state index is 12.0. The predicted octanol–water partition coefficient (Wildman–Crippen LogP) is 2.10. The van der Waals surface area contributed by atoms with Crippen molar-refractivity contribution in [3.63, 3.8) is 0 Å². The molecule has 1 aromatic carbocycles. The molecule has 0 bridgehead atoms. The van der Waals surface area contributed by atoms with Gasteiger partial charge in [0.05, 0.1) is 0 Å². The quantitative estimate of drug-likeness (QED) is 0.607. The highest BCUT2D eigenvalue weighted by Crippen LogP contribution is 2.17. The number of hydrogen-bond donors (Lipinski definition) is 2. The topological polar surface area (TPSA) is 80.4 Å². The molecule has 0 aliphatic carbocycles. The lowest BCUT2D eigenvalue weighted by molar-refractivity contribution is -0.147. The summed E-state index contributed by atoms with van der Waals surface area (Å²) in [7, 11) is 0. The van der Waals surface area contributed by atoms with Crippen LogP contribution in [0.4, 0.5) is 0 Å². The van der Waals surface area contributed by atoms with Crippen LogP contribution < -0.4 is 5.73 Å². The molecule has 0 aliphatic rings. The Morgan fingerprint density at radius 3 is 2.37 bits per heavy atom. The Kier molecular flexibility index (Phi) is 5.01. The molecule has 0 heterocycles. The molecule has 0 radical (unpaired) electrons. The molecule has 1 unspecified atom stereocenters. The first-order valence-electron chi connectivity index (χ1n) is 6.16. The van der Waals surface area contributed by atoms with Gasteiger partial charge in [-0.05, 0) is 24.0 Å². The highest BCUT2D eigenvalue weighted by molar-refractivity contribution is 6.14. The van der Waals surface area contributed by atoms with Gasteiger partial charge in [0.15, 0.2) is 11.3 Å². The van der Waals surface area contributed by atoms with Gasteiger partial charge >= 0.3 is 5.97 Å². The Balaban J connectivity index is 2.90. The lowest BCUT2D eigenvalue weighted by Crippen LogP contribution is -2.55. The number of rotatable bonds is 6. The minimum atomic E-state index is -1.85. The maximum Gasteiger partial charge on any atom is 0.331 e. The summed E-state index contributed by atoms with van der Waals surface area (Å²) in [5.74, 6) is -1.85. The third-order valence-electron chi connectivity index (χ3n) is 2.78. The number of carboxylic acid groups (broad SMARTS) is 1. The van der Waals surface area contributed by atoms with Crippen LogP contribution in [0.25, 0.3) is 6.08 Å². The molecule has 0 aliphatic heterocycles. The van der Waals surface area contributed by atoms with E-state index in [2.05, 4.69) is 0 Å². The first-order chi connectivity index (χ1) is 8.86. The first-order valence-corrected chi connectivity index (χ1v) is 6.16. The summed E-state index contributed by atoms with van der Waals surface area (Å²) in [6.45, 7) is 3.66. The van der Waals surface area contributed by atoms with Gasteiger partial charge in [0, 0.05) is 0 Å². The number of benzene rings is 1. The van der Waals surface area contributed by atoms with Gasteiger partial charge in [-0.2, -0.15) is 0 Å². The van der Waals surface area contributed by atoms with Crippen LogP contribution in [0.1, 0.15) is 25.8 Å². The van der Waals surface area contributed by atoms with Crippen LogP contribution in [0.15, 0.2) is 36.4 Å². The summed E-state index contributed by atoms with van der Waals surface area (Å²) >= 11 is 0. The molecule has 3 N–H and O–H groups in total. The van der Waals surface area contributed by atoms with E-state index in [9.17, 15) is 9.59 Å². The molecule has 1 atom stereocenters. The van der Waals surface area contributed by atoms with Gasteiger partial charge in [0.25, 0.3) is 0 Å². The predicted molar refractivity (Wildman–Crippen MR) is 74.5 cm³/mol. The molecule has 1 rings (SSSR count). The van der Waals surface area contributed by atoms with Crippen molar-refractivity contribution in [3.05, 3.63) is 42.0 Å². The molecule has 1 aromatic rings. The SMILES string of the molecule is CC(C)CC(N)(C(=O)O)C(=O)/C=C/c1ccccc1. The molecular formula is C15H19NO3. The van der Waals surface area contributed by atoms with E-state index in [-0.39, 0.29) is 12.3 Å². The fourth-order valence-electron chi connectivity index (χ4n) is 1.82. The summed E-state index contributed by atoms with van der Waals surface area (Å²) in [6, 6.07) is 9.19. The van der Waals surface area contributed by atoms with Crippen molar-refractivity contribution in [2.45, 2.75) is 25.8 Å². The molecule has 0 aromatic heterocycles. The fourth-order valence-corrected chi connectivity index (χ4v) is 1.82. The van der Waals surface area contributed by atoms with Crippen molar-refractivity contribution in [1.29, 1.82) is 0 Å². The number of ketones is 1.